The van der Waals surface area contributed by atoms with E-state index in [2.05, 4.69) is 37.1 Å². The highest BCUT2D eigenvalue weighted by Gasteiger charge is 2.27. The number of nitrogens with one attached hydrogen (secondary N) is 1. The van der Waals surface area contributed by atoms with Crippen molar-refractivity contribution in [3.05, 3.63) is 23.2 Å². The molecule has 19 heavy (non-hydrogen) atoms. The molecular weight excluding hydrogens is 236 g/mol. The van der Waals surface area contributed by atoms with Crippen LogP contribution in [0.5, 0.6) is 0 Å². The fourth-order valence-electron chi connectivity index (χ4n) is 2.97. The Morgan fingerprint density at radius 1 is 1.26 bits per heavy atom. The summed E-state index contributed by atoms with van der Waals surface area (Å²) >= 11 is 0. The third-order valence-corrected chi connectivity index (χ3v) is 4.64. The lowest BCUT2D eigenvalue weighted by Crippen LogP contribution is -2.19. The lowest BCUT2D eigenvalue weighted by molar-refractivity contribution is 0.280. The van der Waals surface area contributed by atoms with Crippen LogP contribution >= 0.6 is 0 Å². The van der Waals surface area contributed by atoms with Crippen molar-refractivity contribution in [2.24, 2.45) is 11.8 Å². The Bertz CT molecular complexity index is 426. The van der Waals surface area contributed by atoms with Crippen LogP contribution in [0.3, 0.4) is 0 Å². The number of likely N-dealkylation sites (tertiary alicyclic amines) is 1. The van der Waals surface area contributed by atoms with Crippen LogP contribution in [-0.2, 0) is 13.1 Å². The van der Waals surface area contributed by atoms with E-state index in [4.69, 9.17) is 4.42 Å². The van der Waals surface area contributed by atoms with Crippen molar-refractivity contribution in [1.29, 1.82) is 0 Å². The molecular formula is C16H26N2O. The summed E-state index contributed by atoms with van der Waals surface area (Å²) in [7, 11) is 0. The predicted octanol–water partition coefficient (Wildman–Crippen LogP) is 2.93. The van der Waals surface area contributed by atoms with Gasteiger partial charge in [-0.05, 0) is 43.2 Å². The zero-order valence-corrected chi connectivity index (χ0v) is 12.4. The first-order valence-corrected chi connectivity index (χ1v) is 7.65. The van der Waals surface area contributed by atoms with Gasteiger partial charge in [0.05, 0.1) is 13.1 Å². The number of aryl methyl sites for hydroxylation is 1. The Morgan fingerprint density at radius 2 is 1.95 bits per heavy atom. The summed E-state index contributed by atoms with van der Waals surface area (Å²) in [5.41, 5.74) is 1.29. The molecule has 0 bridgehead atoms. The largest absolute Gasteiger partial charge is 0.463 e. The highest BCUT2D eigenvalue weighted by Crippen LogP contribution is 2.25. The average Bonchev–Trinajstić information content (AvgIpc) is 3.04. The van der Waals surface area contributed by atoms with Gasteiger partial charge in [-0.15, -0.1) is 0 Å². The van der Waals surface area contributed by atoms with Gasteiger partial charge in [0.2, 0.25) is 0 Å². The number of rotatable bonds is 5. The topological polar surface area (TPSA) is 28.4 Å². The maximum absolute atomic E-state index is 6.02. The lowest BCUT2D eigenvalue weighted by Gasteiger charge is -2.13. The molecule has 0 radical (unpaired) electrons. The average molecular weight is 262 g/mol. The summed E-state index contributed by atoms with van der Waals surface area (Å²) in [5.74, 6) is 3.88. The van der Waals surface area contributed by atoms with Gasteiger partial charge in [0, 0.05) is 19.1 Å². The van der Waals surface area contributed by atoms with Gasteiger partial charge in [0.1, 0.15) is 11.5 Å². The van der Waals surface area contributed by atoms with Gasteiger partial charge in [0.25, 0.3) is 0 Å². The third kappa shape index (κ3) is 3.21. The van der Waals surface area contributed by atoms with E-state index in [-0.39, 0.29) is 0 Å². The van der Waals surface area contributed by atoms with Crippen LogP contribution in [0.2, 0.25) is 0 Å². The van der Waals surface area contributed by atoms with Gasteiger partial charge < -0.3 is 9.73 Å². The molecule has 0 spiro atoms. The lowest BCUT2D eigenvalue weighted by atomic mass is 10.0. The third-order valence-electron chi connectivity index (χ3n) is 4.64. The SMILES string of the molecule is Cc1cc(CN2CC(C)C(C)C2)oc1CNC1CC1. The van der Waals surface area contributed by atoms with E-state index in [1.165, 1.54) is 31.5 Å². The Labute approximate surface area is 116 Å². The van der Waals surface area contributed by atoms with Crippen LogP contribution in [0.4, 0.5) is 0 Å². The van der Waals surface area contributed by atoms with Crippen molar-refractivity contribution in [2.75, 3.05) is 13.1 Å². The molecule has 0 aromatic carbocycles. The van der Waals surface area contributed by atoms with Gasteiger partial charge in [-0.3, -0.25) is 4.90 Å². The summed E-state index contributed by atoms with van der Waals surface area (Å²) in [6.45, 7) is 11.1. The van der Waals surface area contributed by atoms with Crippen LogP contribution in [0, 0.1) is 18.8 Å². The van der Waals surface area contributed by atoms with Gasteiger partial charge in [-0.25, -0.2) is 0 Å². The van der Waals surface area contributed by atoms with Crippen molar-refractivity contribution in [3.63, 3.8) is 0 Å². The second-order valence-electron chi connectivity index (χ2n) is 6.62. The molecule has 3 nitrogen and oxygen atoms in total. The summed E-state index contributed by atoms with van der Waals surface area (Å²) in [6, 6.07) is 2.96. The minimum atomic E-state index is 0.744. The maximum Gasteiger partial charge on any atom is 0.120 e. The molecule has 2 fully saturated rings. The Kier molecular flexibility index (Phi) is 3.68. The molecule has 1 saturated heterocycles. The number of furan rings is 1. The van der Waals surface area contributed by atoms with Crippen molar-refractivity contribution in [3.8, 4) is 0 Å². The fourth-order valence-corrected chi connectivity index (χ4v) is 2.97. The van der Waals surface area contributed by atoms with Crippen molar-refractivity contribution >= 4 is 0 Å². The minimum absolute atomic E-state index is 0.744. The van der Waals surface area contributed by atoms with Crippen molar-refractivity contribution in [1.82, 2.24) is 10.2 Å². The highest BCUT2D eigenvalue weighted by atomic mass is 16.3. The molecule has 3 heteroatoms. The van der Waals surface area contributed by atoms with E-state index in [1.807, 2.05) is 0 Å². The van der Waals surface area contributed by atoms with Crippen LogP contribution in [0.25, 0.3) is 0 Å². The summed E-state index contributed by atoms with van der Waals surface area (Å²) in [4.78, 5) is 2.52. The van der Waals surface area contributed by atoms with E-state index in [0.29, 0.717) is 0 Å². The second kappa shape index (κ2) is 5.29. The van der Waals surface area contributed by atoms with Crippen LogP contribution in [-0.4, -0.2) is 24.0 Å². The van der Waals surface area contributed by atoms with Gasteiger partial charge in [0.15, 0.2) is 0 Å². The normalized spacial score (nSPS) is 28.2. The minimum Gasteiger partial charge on any atom is -0.463 e. The summed E-state index contributed by atoms with van der Waals surface area (Å²) < 4.78 is 6.02. The van der Waals surface area contributed by atoms with E-state index in [1.54, 1.807) is 0 Å². The predicted molar refractivity (Wildman–Crippen MR) is 76.9 cm³/mol. The zero-order chi connectivity index (χ0) is 13.4. The molecule has 2 aliphatic rings. The van der Waals surface area contributed by atoms with E-state index < -0.39 is 0 Å². The number of nitrogens with zero attached hydrogens (tertiary/aromatic N) is 1. The number of hydrogen-bond acceptors (Lipinski definition) is 3. The molecule has 1 aliphatic carbocycles. The summed E-state index contributed by atoms with van der Waals surface area (Å²) in [5, 5.41) is 3.53. The van der Waals surface area contributed by atoms with E-state index >= 15 is 0 Å². The molecule has 1 saturated carbocycles. The molecule has 0 amide bonds. The van der Waals surface area contributed by atoms with Gasteiger partial charge in [-0.2, -0.15) is 0 Å². The smallest absolute Gasteiger partial charge is 0.120 e. The van der Waals surface area contributed by atoms with Gasteiger partial charge >= 0.3 is 0 Å². The second-order valence-corrected chi connectivity index (χ2v) is 6.62. The molecule has 2 atom stereocenters. The molecule has 3 rings (SSSR count). The Balaban J connectivity index is 1.57. The van der Waals surface area contributed by atoms with Crippen LogP contribution in [0.15, 0.2) is 10.5 Å². The molecule has 1 aliphatic heterocycles. The monoisotopic (exact) mass is 262 g/mol. The first-order valence-electron chi connectivity index (χ1n) is 7.65. The Morgan fingerprint density at radius 3 is 2.58 bits per heavy atom. The van der Waals surface area contributed by atoms with E-state index in [0.717, 1.165) is 42.5 Å². The molecule has 1 N–H and O–H groups in total. The molecule has 106 valence electrons. The highest BCUT2D eigenvalue weighted by molar-refractivity contribution is 5.20. The molecule has 1 aromatic rings. The first-order chi connectivity index (χ1) is 9.11. The zero-order valence-electron chi connectivity index (χ0n) is 12.4. The van der Waals surface area contributed by atoms with Crippen molar-refractivity contribution < 1.29 is 4.42 Å². The Hall–Kier alpha value is -0.800. The van der Waals surface area contributed by atoms with E-state index in [9.17, 15) is 0 Å². The summed E-state index contributed by atoms with van der Waals surface area (Å²) in [6.07, 6.45) is 2.66. The molecule has 2 unspecified atom stereocenters. The van der Waals surface area contributed by atoms with Crippen LogP contribution < -0.4 is 5.32 Å². The van der Waals surface area contributed by atoms with Crippen molar-refractivity contribution in [2.45, 2.75) is 52.7 Å². The van der Waals surface area contributed by atoms with Gasteiger partial charge in [-0.1, -0.05) is 13.8 Å². The fraction of sp³-hybridized carbons (Fsp3) is 0.750. The van der Waals surface area contributed by atoms with Crippen LogP contribution in [0.1, 0.15) is 43.8 Å². The molecule has 2 heterocycles. The maximum atomic E-state index is 6.02. The quantitative estimate of drug-likeness (QED) is 0.884. The first kappa shape index (κ1) is 13.2. The standard InChI is InChI=1S/C16H26N2O/c1-11-6-15(10-18-8-12(2)13(3)9-18)19-16(11)7-17-14-4-5-14/h6,12-14,17H,4-5,7-10H2,1-3H3. The molecule has 1 aromatic heterocycles. The number of hydrogen-bond donors (Lipinski definition) is 1.